The Balaban J connectivity index is 1.43. The molecule has 1 aromatic heterocycles. The summed E-state index contributed by atoms with van der Waals surface area (Å²) in [5, 5.41) is 1.98. The zero-order valence-corrected chi connectivity index (χ0v) is 22.6. The van der Waals surface area contributed by atoms with Crippen molar-refractivity contribution in [3.63, 3.8) is 0 Å². The molecular weight excluding hydrogens is 575 g/mol. The Morgan fingerprint density at radius 3 is 2.17 bits per heavy atom. The minimum atomic E-state index is -4.79. The number of benzene rings is 3. The van der Waals surface area contributed by atoms with Crippen molar-refractivity contribution in [2.45, 2.75) is 28.9 Å². The predicted octanol–water partition coefficient (Wildman–Crippen LogP) is 5.36. The molecule has 12 heteroatoms. The fourth-order valence-corrected chi connectivity index (χ4v) is 8.06. The third-order valence-electron chi connectivity index (χ3n) is 7.02. The van der Waals surface area contributed by atoms with Gasteiger partial charge in [0, 0.05) is 16.5 Å². The molecule has 3 amide bonds. The number of hydrogen-bond donors (Lipinski definition) is 1. The van der Waals surface area contributed by atoms with Crippen molar-refractivity contribution in [3.05, 3.63) is 111 Å². The molecule has 3 heterocycles. The van der Waals surface area contributed by atoms with Gasteiger partial charge in [0.15, 0.2) is 0 Å². The first-order valence-corrected chi connectivity index (χ1v) is 14.2. The monoisotopic (exact) mass is 595 g/mol. The Labute approximate surface area is 239 Å². The number of alkyl halides is 3. The Morgan fingerprint density at radius 2 is 1.49 bits per heavy atom. The summed E-state index contributed by atoms with van der Waals surface area (Å²) < 4.78 is 42.9. The normalized spacial score (nSPS) is 20.1. The summed E-state index contributed by atoms with van der Waals surface area (Å²) in [7, 11) is 0. The number of para-hydroxylation sites is 2. The number of anilines is 2. The zero-order chi connectivity index (χ0) is 28.9. The van der Waals surface area contributed by atoms with E-state index < -0.39 is 57.1 Å². The molecule has 2 aliphatic heterocycles. The highest BCUT2D eigenvalue weighted by atomic mass is 32.2. The Hall–Kier alpha value is -4.16. The van der Waals surface area contributed by atoms with E-state index in [9.17, 15) is 32.3 Å². The van der Waals surface area contributed by atoms with Crippen LogP contribution in [0.4, 0.5) is 24.5 Å². The summed E-state index contributed by atoms with van der Waals surface area (Å²) >= 11 is 1.81. The Kier molecular flexibility index (Phi) is 6.82. The molecule has 4 aromatic rings. The fourth-order valence-electron chi connectivity index (χ4n) is 5.29. The highest BCUT2D eigenvalue weighted by Gasteiger charge is 2.57. The summed E-state index contributed by atoms with van der Waals surface area (Å²) in [6.07, 6.45) is -4.79. The van der Waals surface area contributed by atoms with Crippen molar-refractivity contribution >= 4 is 52.2 Å². The molecule has 3 atom stereocenters. The van der Waals surface area contributed by atoms with Gasteiger partial charge in [-0.25, -0.2) is 4.90 Å². The zero-order valence-electron chi connectivity index (χ0n) is 21.0. The number of halogens is 3. The van der Waals surface area contributed by atoms with Gasteiger partial charge in [-0.3, -0.25) is 23.7 Å². The van der Waals surface area contributed by atoms with Crippen molar-refractivity contribution in [2.75, 3.05) is 10.2 Å². The average Bonchev–Trinajstić information content (AvgIpc) is 3.39. The van der Waals surface area contributed by atoms with E-state index in [2.05, 4.69) is 5.32 Å². The van der Waals surface area contributed by atoms with Crippen LogP contribution in [0.3, 0.4) is 0 Å². The number of hydrogen-bond acceptors (Lipinski definition) is 6. The van der Waals surface area contributed by atoms with Crippen LogP contribution < -0.4 is 15.1 Å². The second-order valence-electron chi connectivity index (χ2n) is 9.52. The van der Waals surface area contributed by atoms with Crippen LogP contribution in [-0.2, 0) is 27.1 Å². The Morgan fingerprint density at radius 1 is 0.854 bits per heavy atom. The predicted molar refractivity (Wildman–Crippen MR) is 149 cm³/mol. The van der Waals surface area contributed by atoms with Crippen molar-refractivity contribution in [2.24, 2.45) is 5.92 Å². The van der Waals surface area contributed by atoms with Gasteiger partial charge in [-0.2, -0.15) is 13.2 Å². The minimum Gasteiger partial charge on any atom is -0.325 e. The lowest BCUT2D eigenvalue weighted by Crippen LogP contribution is -2.33. The molecule has 0 saturated carbocycles. The van der Waals surface area contributed by atoms with E-state index in [4.69, 9.17) is 0 Å². The van der Waals surface area contributed by atoms with E-state index in [1.165, 1.54) is 16.7 Å². The third-order valence-corrected chi connectivity index (χ3v) is 9.62. The molecule has 1 N–H and O–H groups in total. The van der Waals surface area contributed by atoms with Crippen LogP contribution in [0, 0.1) is 5.92 Å². The van der Waals surface area contributed by atoms with Crippen LogP contribution in [0.15, 0.2) is 94.7 Å². The summed E-state index contributed by atoms with van der Waals surface area (Å²) in [6, 6.07) is 21.9. The highest BCUT2D eigenvalue weighted by Crippen LogP contribution is 2.54. The lowest BCUT2D eigenvalue weighted by atomic mass is 9.83. The van der Waals surface area contributed by atoms with Crippen molar-refractivity contribution in [1.82, 2.24) is 4.57 Å². The van der Waals surface area contributed by atoms with Gasteiger partial charge in [-0.05, 0) is 29.8 Å². The number of aromatic nitrogens is 1. The van der Waals surface area contributed by atoms with Gasteiger partial charge < -0.3 is 5.32 Å². The van der Waals surface area contributed by atoms with Gasteiger partial charge in [0.1, 0.15) is 11.8 Å². The number of amides is 3. The third kappa shape index (κ3) is 4.76. The van der Waals surface area contributed by atoms with Crippen LogP contribution in [0.1, 0.15) is 21.9 Å². The molecule has 0 bridgehead atoms. The minimum absolute atomic E-state index is 0.339. The summed E-state index contributed by atoms with van der Waals surface area (Å²) in [4.78, 5) is 54.4. The number of imide groups is 1. The molecule has 208 valence electrons. The molecule has 6 rings (SSSR count). The molecule has 0 radical (unpaired) electrons. The number of rotatable bonds is 5. The number of thioether (sulfide) groups is 1. The lowest BCUT2D eigenvalue weighted by molar-refractivity contribution is -0.137. The quantitative estimate of drug-likeness (QED) is 0.314. The first-order chi connectivity index (χ1) is 19.6. The molecule has 2 unspecified atom stereocenters. The lowest BCUT2D eigenvalue weighted by Gasteiger charge is -2.30. The number of carbonyl (C=O) groups excluding carboxylic acids is 3. The van der Waals surface area contributed by atoms with Gasteiger partial charge in [0.05, 0.1) is 22.2 Å². The number of nitrogens with one attached hydrogen (secondary N) is 1. The fraction of sp³-hybridized carbons (Fsp3) is 0.172. The number of thiazole rings is 1. The van der Waals surface area contributed by atoms with E-state index in [0.717, 1.165) is 35.2 Å². The van der Waals surface area contributed by atoms with Gasteiger partial charge in [0.2, 0.25) is 17.7 Å². The molecule has 0 spiro atoms. The van der Waals surface area contributed by atoms with Gasteiger partial charge in [-0.1, -0.05) is 83.8 Å². The smallest absolute Gasteiger partial charge is 0.325 e. The van der Waals surface area contributed by atoms with E-state index in [1.54, 1.807) is 60.7 Å². The van der Waals surface area contributed by atoms with Gasteiger partial charge in [-0.15, -0.1) is 0 Å². The summed E-state index contributed by atoms with van der Waals surface area (Å²) in [5.41, 5.74) is -0.441. The average molecular weight is 596 g/mol. The van der Waals surface area contributed by atoms with Crippen LogP contribution in [0.5, 0.6) is 0 Å². The first kappa shape index (κ1) is 27.0. The molecule has 1 saturated heterocycles. The number of carbonyl (C=O) groups is 3. The standard InChI is InChI=1S/C29H20F3N3O4S2/c30-29(31,32)18-13-7-8-14-19(18)35-25(37)22-21(16-9-3-1-4-10-16)24-27(40-23(22)26(35)38)34(28(39)41-24)15-20(36)33-17-11-5-2-6-12-17/h1-14,21-23H,15H2,(H,33,36)/t21-,22?,23?/m1/s1. The van der Waals surface area contributed by atoms with Crippen LogP contribution in [0.25, 0.3) is 0 Å². The van der Waals surface area contributed by atoms with E-state index >= 15 is 0 Å². The molecule has 7 nitrogen and oxygen atoms in total. The SMILES string of the molecule is O=C(Cn1c2c(sc1=O)[C@H](c1ccccc1)C1C(=O)N(c3ccccc3C(F)(F)F)C(=O)C1S2)Nc1ccccc1. The topological polar surface area (TPSA) is 88.5 Å². The number of nitrogens with zero attached hydrogens (tertiary/aromatic N) is 2. The van der Waals surface area contributed by atoms with Crippen molar-refractivity contribution in [3.8, 4) is 0 Å². The second-order valence-corrected chi connectivity index (χ2v) is 11.6. The van der Waals surface area contributed by atoms with E-state index in [0.29, 0.717) is 26.1 Å². The second kappa shape index (κ2) is 10.3. The van der Waals surface area contributed by atoms with E-state index in [1.807, 2.05) is 0 Å². The summed E-state index contributed by atoms with van der Waals surface area (Å²) in [6.45, 7) is -0.339. The highest BCUT2D eigenvalue weighted by molar-refractivity contribution is 8.00. The molecule has 3 aromatic carbocycles. The van der Waals surface area contributed by atoms with E-state index in [-0.39, 0.29) is 6.54 Å². The largest absolute Gasteiger partial charge is 0.418 e. The van der Waals surface area contributed by atoms with Crippen LogP contribution >= 0.6 is 23.1 Å². The van der Waals surface area contributed by atoms with Crippen molar-refractivity contribution < 1.29 is 27.6 Å². The van der Waals surface area contributed by atoms with Crippen molar-refractivity contribution in [1.29, 1.82) is 0 Å². The van der Waals surface area contributed by atoms with Crippen LogP contribution in [0.2, 0.25) is 0 Å². The maximum Gasteiger partial charge on any atom is 0.418 e. The molecular formula is C29H20F3N3O4S2. The summed E-state index contributed by atoms with van der Waals surface area (Å²) in [5.74, 6) is -3.85. The molecule has 2 aliphatic rings. The van der Waals surface area contributed by atoms with Gasteiger partial charge in [0.25, 0.3) is 0 Å². The molecule has 0 aliphatic carbocycles. The van der Waals surface area contributed by atoms with Crippen LogP contribution in [-0.4, -0.2) is 27.5 Å². The number of fused-ring (bicyclic) bond motifs is 2. The first-order valence-electron chi connectivity index (χ1n) is 12.5. The Bertz CT molecular complexity index is 1720. The maximum atomic E-state index is 13.9. The molecule has 1 fully saturated rings. The molecule has 41 heavy (non-hydrogen) atoms. The van der Waals surface area contributed by atoms with Gasteiger partial charge >= 0.3 is 11.0 Å². The maximum absolute atomic E-state index is 13.9.